The van der Waals surface area contributed by atoms with Crippen molar-refractivity contribution in [3.8, 4) is 34.5 Å². The summed E-state index contributed by atoms with van der Waals surface area (Å²) < 4.78 is 40.2. The fourth-order valence-corrected chi connectivity index (χ4v) is 10.7. The molecular formula is C61H78N6O14. The van der Waals surface area contributed by atoms with Gasteiger partial charge < -0.3 is 58.9 Å². The lowest BCUT2D eigenvalue weighted by Crippen LogP contribution is -2.52. The Morgan fingerprint density at radius 1 is 0.716 bits per heavy atom. The number of nitrogens with zero attached hydrogens (tertiary/aromatic N) is 2. The van der Waals surface area contributed by atoms with Gasteiger partial charge in [-0.15, -0.1) is 0 Å². The second-order valence-corrected chi connectivity index (χ2v) is 20.4. The molecule has 20 heteroatoms. The van der Waals surface area contributed by atoms with E-state index in [1.165, 1.54) is 26.2 Å². The van der Waals surface area contributed by atoms with Crippen molar-refractivity contribution in [1.82, 2.24) is 25.8 Å². The van der Waals surface area contributed by atoms with Gasteiger partial charge in [0, 0.05) is 49.4 Å². The second kappa shape index (κ2) is 30.0. The van der Waals surface area contributed by atoms with Crippen LogP contribution >= 0.6 is 0 Å². The van der Waals surface area contributed by atoms with E-state index in [-0.39, 0.29) is 62.1 Å². The van der Waals surface area contributed by atoms with Crippen molar-refractivity contribution >= 4 is 47.1 Å². The first-order valence-corrected chi connectivity index (χ1v) is 28.1. The maximum Gasteiger partial charge on any atom is 0.329 e. The zero-order chi connectivity index (χ0) is 57.8. The number of hydrogen-bond donors (Lipinski definition) is 4. The second-order valence-electron chi connectivity index (χ2n) is 20.4. The molecule has 0 spiro atoms. The molecule has 3 aliphatic heterocycles. The number of methoxy groups -OCH3 is 5. The number of hydrogen-bond acceptors (Lipinski definition) is 15. The van der Waals surface area contributed by atoms with Gasteiger partial charge in [0.05, 0.1) is 48.0 Å². The van der Waals surface area contributed by atoms with Gasteiger partial charge in [0.25, 0.3) is 11.8 Å². The largest absolute Gasteiger partial charge is 0.493 e. The van der Waals surface area contributed by atoms with Crippen molar-refractivity contribution in [1.29, 1.82) is 0 Å². The summed E-state index contributed by atoms with van der Waals surface area (Å²) in [5.74, 6) is 0.0861. The molecule has 3 heterocycles. The van der Waals surface area contributed by atoms with Crippen LogP contribution in [0.5, 0.6) is 34.5 Å². The molecule has 4 aromatic rings. The molecule has 2 unspecified atom stereocenters. The summed E-state index contributed by atoms with van der Waals surface area (Å²) in [7, 11) is 7.73. The number of imide groups is 1. The number of amides is 6. The molecule has 0 aliphatic carbocycles. The van der Waals surface area contributed by atoms with Gasteiger partial charge in [0.1, 0.15) is 23.9 Å². The predicted molar refractivity (Wildman–Crippen MR) is 302 cm³/mol. The monoisotopic (exact) mass is 1120 g/mol. The fourth-order valence-electron chi connectivity index (χ4n) is 10.7. The van der Waals surface area contributed by atoms with E-state index in [0.717, 1.165) is 62.5 Å². The summed E-state index contributed by atoms with van der Waals surface area (Å²) in [5, 5.41) is 11.3. The minimum Gasteiger partial charge on any atom is -0.493 e. The summed E-state index contributed by atoms with van der Waals surface area (Å²) >= 11 is 0. The van der Waals surface area contributed by atoms with E-state index >= 15 is 0 Å². The molecule has 0 bridgehead atoms. The Kier molecular flexibility index (Phi) is 22.4. The lowest BCUT2D eigenvalue weighted by Gasteiger charge is -2.37. The molecule has 81 heavy (non-hydrogen) atoms. The van der Waals surface area contributed by atoms with Gasteiger partial charge >= 0.3 is 5.97 Å². The molecule has 2 saturated heterocycles. The van der Waals surface area contributed by atoms with E-state index in [9.17, 15) is 33.6 Å². The van der Waals surface area contributed by atoms with E-state index in [4.69, 9.17) is 33.2 Å². The van der Waals surface area contributed by atoms with Crippen LogP contribution in [0.2, 0.25) is 0 Å². The Labute approximate surface area is 474 Å². The van der Waals surface area contributed by atoms with Crippen LogP contribution in [0.1, 0.15) is 135 Å². The average molecular weight is 1120 g/mol. The van der Waals surface area contributed by atoms with E-state index in [1.54, 1.807) is 67.7 Å². The molecule has 0 aromatic heterocycles. The van der Waals surface area contributed by atoms with Crippen LogP contribution in [-0.2, 0) is 46.5 Å². The Balaban J connectivity index is 0.851. The van der Waals surface area contributed by atoms with E-state index in [1.807, 2.05) is 31.2 Å². The number of rotatable bonds is 30. The Morgan fingerprint density at radius 3 is 2.09 bits per heavy atom. The number of fused-ring (bicyclic) bond motifs is 1. The van der Waals surface area contributed by atoms with E-state index in [2.05, 4.69) is 21.3 Å². The molecule has 0 radical (unpaired) electrons. The highest BCUT2D eigenvalue weighted by Crippen LogP contribution is 2.42. The quantitative estimate of drug-likeness (QED) is 0.0227. The summed E-state index contributed by atoms with van der Waals surface area (Å²) in [4.78, 5) is 95.0. The van der Waals surface area contributed by atoms with Crippen LogP contribution in [0.3, 0.4) is 0 Å². The number of anilines is 1. The first-order chi connectivity index (χ1) is 39.3. The normalized spacial score (nSPS) is 16.5. The maximum atomic E-state index is 14.5. The number of ether oxygens (including phenoxy) is 7. The van der Waals surface area contributed by atoms with Crippen molar-refractivity contribution in [3.05, 3.63) is 101 Å². The van der Waals surface area contributed by atoms with Gasteiger partial charge in [-0.1, -0.05) is 56.9 Å². The summed E-state index contributed by atoms with van der Waals surface area (Å²) in [5.41, 5.74) is 4.15. The molecule has 0 saturated carbocycles. The zero-order valence-electron chi connectivity index (χ0n) is 47.5. The van der Waals surface area contributed by atoms with Crippen molar-refractivity contribution in [2.45, 2.75) is 127 Å². The molecule has 4 N–H and O–H groups in total. The summed E-state index contributed by atoms with van der Waals surface area (Å²) in [6.45, 7) is 3.39. The number of piperidine rings is 2. The van der Waals surface area contributed by atoms with Gasteiger partial charge in [-0.3, -0.25) is 34.1 Å². The lowest BCUT2D eigenvalue weighted by molar-refractivity contribution is -0.162. The predicted octanol–water partition coefficient (Wildman–Crippen LogP) is 7.35. The smallest absolute Gasteiger partial charge is 0.329 e. The van der Waals surface area contributed by atoms with Crippen molar-refractivity contribution < 1.29 is 66.7 Å². The molecule has 6 amide bonds. The number of aryl methyl sites for hydroxylation is 1. The zero-order valence-corrected chi connectivity index (χ0v) is 47.5. The van der Waals surface area contributed by atoms with Gasteiger partial charge in [0.2, 0.25) is 29.4 Å². The van der Waals surface area contributed by atoms with Crippen LogP contribution in [0.15, 0.2) is 72.8 Å². The number of benzene rings is 4. The van der Waals surface area contributed by atoms with E-state index < -0.39 is 36.0 Å². The van der Waals surface area contributed by atoms with Crippen LogP contribution in [0.4, 0.5) is 5.69 Å². The molecule has 3 aliphatic rings. The van der Waals surface area contributed by atoms with Gasteiger partial charge in [0.15, 0.2) is 29.6 Å². The summed E-state index contributed by atoms with van der Waals surface area (Å²) in [6.07, 6.45) is 8.45. The fraction of sp³-hybridized carbons (Fsp3) is 0.492. The van der Waals surface area contributed by atoms with Crippen LogP contribution in [0, 0.1) is 0 Å². The number of nitrogens with one attached hydrogen (secondary N) is 4. The van der Waals surface area contributed by atoms with Gasteiger partial charge in [-0.2, -0.15) is 0 Å². The van der Waals surface area contributed by atoms with Crippen LogP contribution in [0.25, 0.3) is 0 Å². The first-order valence-electron chi connectivity index (χ1n) is 28.1. The highest BCUT2D eigenvalue weighted by Gasteiger charge is 2.41. The van der Waals surface area contributed by atoms with Crippen molar-refractivity contribution in [2.24, 2.45) is 0 Å². The van der Waals surface area contributed by atoms with E-state index in [0.29, 0.717) is 102 Å². The highest BCUT2D eigenvalue weighted by molar-refractivity contribution is 6.06. The topological polar surface area (TPSA) is 239 Å². The lowest BCUT2D eigenvalue weighted by atomic mass is 9.91. The highest BCUT2D eigenvalue weighted by atomic mass is 16.5. The number of likely N-dealkylation sites (tertiary alicyclic amines) is 1. The molecular weight excluding hydrogens is 1040 g/mol. The SMILES string of the molecule is CC[C@H](C(=O)N1CCCC[C@H]1C(=O)OC(CCc1ccc(OC)c(OC)c1)c1cccc(OCC(=O)NCCCCCCCCNC(=O)CNc2cccc3c2CN(C2CCC(=O)NC2=O)C3=O)c1)c1cc(OC)c(OC)c(OC)c1. The van der Waals surface area contributed by atoms with Gasteiger partial charge in [-0.05, 0) is 123 Å². The third-order valence-corrected chi connectivity index (χ3v) is 15.1. The van der Waals surface area contributed by atoms with Crippen molar-refractivity contribution in [2.75, 3.05) is 73.7 Å². The van der Waals surface area contributed by atoms with Crippen LogP contribution < -0.4 is 49.7 Å². The molecule has 7 rings (SSSR count). The minimum absolute atomic E-state index is 0.0271. The number of carbonyl (C=O) groups excluding carboxylic acids is 7. The summed E-state index contributed by atoms with van der Waals surface area (Å²) in [6, 6.07) is 20.1. The number of esters is 1. The molecule has 436 valence electrons. The Morgan fingerprint density at radius 2 is 1.41 bits per heavy atom. The Hall–Kier alpha value is -8.03. The standard InChI is InChI=1S/C61H78N6O14/c1-7-43(41-34-52(77-4)57(79-6)53(35-41)78-5)59(72)66-31-15-12-22-48(66)61(74)81-49(26-23-39-24-27-50(75-2)51(32-39)76-3)40-18-16-19-42(33-40)80-38-56(70)63-30-14-11-9-8-10-13-29-62-55(69)36-64-46-21-17-20-44-45(46)37-67(60(44)73)47-25-28-54(68)65-58(47)71/h16-21,24,27,32-35,43,47-49,64H,7-15,22-23,25-26,28-31,36-38H2,1-6H3,(H,62,69)(H,63,70)(H,65,68,71)/t43-,47?,48-,49?/m0/s1. The number of carbonyl (C=O) groups is 7. The van der Waals surface area contributed by atoms with Crippen molar-refractivity contribution in [3.63, 3.8) is 0 Å². The van der Waals surface area contributed by atoms with Crippen LogP contribution in [-0.4, -0.2) is 132 Å². The average Bonchev–Trinajstić information content (AvgIpc) is 3.96. The third-order valence-electron chi connectivity index (χ3n) is 15.1. The van der Waals surface area contributed by atoms with Gasteiger partial charge in [-0.25, -0.2) is 4.79 Å². The maximum absolute atomic E-state index is 14.5. The third kappa shape index (κ3) is 15.9. The molecule has 4 aromatic carbocycles. The molecule has 2 fully saturated rings. The Bertz CT molecular complexity index is 2830. The molecule has 4 atom stereocenters. The first kappa shape index (κ1) is 60.6. The molecule has 20 nitrogen and oxygen atoms in total. The minimum atomic E-state index is -0.812. The number of unbranched alkanes of at least 4 members (excludes halogenated alkanes) is 5.